The summed E-state index contributed by atoms with van der Waals surface area (Å²) in [4.78, 5) is 22.6. The molecule has 2 heterocycles. The minimum absolute atomic E-state index is 0.0285. The molecule has 3 rings (SSSR count). The number of carbonyl (C=O) groups excluding carboxylic acids is 1. The van der Waals surface area contributed by atoms with Gasteiger partial charge in [0, 0.05) is 44.4 Å². The number of non-ortho nitro benzene ring substituents is 1. The third kappa shape index (κ3) is 6.06. The Labute approximate surface area is 191 Å². The largest absolute Gasteiger partial charge is 0.438 e. The Kier molecular flexibility index (Phi) is 7.66. The Morgan fingerprint density at radius 2 is 2.18 bits per heavy atom. The van der Waals surface area contributed by atoms with E-state index >= 15 is 0 Å². The molecular weight excluding hydrogens is 454 g/mol. The number of hydrogen-bond acceptors (Lipinski definition) is 8. The van der Waals surface area contributed by atoms with Gasteiger partial charge in [-0.25, -0.2) is 17.8 Å². The number of ether oxygens (including phenoxy) is 2. The van der Waals surface area contributed by atoms with Gasteiger partial charge in [0.05, 0.1) is 11.0 Å². The minimum Gasteiger partial charge on any atom is -0.438 e. The zero-order valence-corrected chi connectivity index (χ0v) is 19.4. The van der Waals surface area contributed by atoms with Crippen LogP contribution in [0, 0.1) is 10.1 Å². The quantitative estimate of drug-likeness (QED) is 0.386. The summed E-state index contributed by atoms with van der Waals surface area (Å²) in [6.07, 6.45) is 2.32. The fourth-order valence-electron chi connectivity index (χ4n) is 3.19. The van der Waals surface area contributed by atoms with Crippen LogP contribution in [0.4, 0.5) is 5.69 Å². The molecule has 0 bridgehead atoms. The lowest BCUT2D eigenvalue weighted by Gasteiger charge is -2.15. The van der Waals surface area contributed by atoms with Gasteiger partial charge in [0.2, 0.25) is 15.9 Å². The van der Waals surface area contributed by atoms with Crippen molar-refractivity contribution in [2.45, 2.75) is 50.2 Å². The number of nitrogens with one attached hydrogen (secondary N) is 2. The van der Waals surface area contributed by atoms with Crippen molar-refractivity contribution < 1.29 is 27.6 Å². The smallest absolute Gasteiger partial charge is 0.272 e. The van der Waals surface area contributed by atoms with Crippen LogP contribution in [0.2, 0.25) is 0 Å². The molecule has 12 nitrogen and oxygen atoms in total. The summed E-state index contributed by atoms with van der Waals surface area (Å²) >= 11 is 0. The first-order valence-corrected chi connectivity index (χ1v) is 12.0. The van der Waals surface area contributed by atoms with Crippen molar-refractivity contribution in [1.82, 2.24) is 19.8 Å². The standard InChI is InChI=1S/C20H27N5O7S/c1-4-13(2)23-33(29,30)18-10-14(25(27)28)7-8-17(18)32-19-11-16(22-24(19)3)20(26)21-12-15-6-5-9-31-15/h7-8,10-11,13,15,23H,4-6,9,12H2,1-3H3,(H,21,26)/t13-,15-/m1/s1. The zero-order valence-electron chi connectivity index (χ0n) is 18.6. The first-order chi connectivity index (χ1) is 15.6. The predicted molar refractivity (Wildman–Crippen MR) is 118 cm³/mol. The van der Waals surface area contributed by atoms with Gasteiger partial charge in [-0.05, 0) is 32.3 Å². The lowest BCUT2D eigenvalue weighted by atomic mass is 10.2. The Balaban J connectivity index is 1.85. The highest BCUT2D eigenvalue weighted by Crippen LogP contribution is 2.32. The first kappa shape index (κ1) is 24.6. The number of nitrogens with zero attached hydrogens (tertiary/aromatic N) is 3. The molecule has 1 aromatic heterocycles. The van der Waals surface area contributed by atoms with Gasteiger partial charge in [-0.3, -0.25) is 14.9 Å². The number of benzene rings is 1. The minimum atomic E-state index is -4.12. The van der Waals surface area contributed by atoms with Crippen LogP contribution in [0.5, 0.6) is 11.6 Å². The van der Waals surface area contributed by atoms with Gasteiger partial charge < -0.3 is 14.8 Å². The molecule has 1 fully saturated rings. The number of amides is 1. The summed E-state index contributed by atoms with van der Waals surface area (Å²) in [6.45, 7) is 4.52. The summed E-state index contributed by atoms with van der Waals surface area (Å²) in [5.74, 6) is -0.470. The fourth-order valence-corrected chi connectivity index (χ4v) is 4.66. The third-order valence-electron chi connectivity index (χ3n) is 5.19. The van der Waals surface area contributed by atoms with E-state index in [-0.39, 0.29) is 28.3 Å². The molecule has 13 heteroatoms. The van der Waals surface area contributed by atoms with Crippen LogP contribution in [0.1, 0.15) is 43.6 Å². The number of nitro groups is 1. The SMILES string of the molecule is CC[C@@H](C)NS(=O)(=O)c1cc([N+](=O)[O-])ccc1Oc1cc(C(=O)NC[C@H]2CCCO2)nn1C. The Morgan fingerprint density at radius 1 is 1.42 bits per heavy atom. The molecule has 0 aliphatic carbocycles. The van der Waals surface area contributed by atoms with E-state index in [1.165, 1.54) is 23.9 Å². The van der Waals surface area contributed by atoms with E-state index in [0.29, 0.717) is 19.6 Å². The van der Waals surface area contributed by atoms with E-state index < -0.39 is 32.6 Å². The Morgan fingerprint density at radius 3 is 2.82 bits per heavy atom. The second-order valence-electron chi connectivity index (χ2n) is 7.76. The summed E-state index contributed by atoms with van der Waals surface area (Å²) < 4.78 is 40.7. The second-order valence-corrected chi connectivity index (χ2v) is 9.44. The zero-order chi connectivity index (χ0) is 24.2. The van der Waals surface area contributed by atoms with Gasteiger partial charge in [0.15, 0.2) is 5.69 Å². The highest BCUT2D eigenvalue weighted by atomic mass is 32.2. The molecule has 1 amide bonds. The van der Waals surface area contributed by atoms with Crippen LogP contribution < -0.4 is 14.8 Å². The number of nitro benzene ring substituents is 1. The van der Waals surface area contributed by atoms with E-state index in [9.17, 15) is 23.3 Å². The van der Waals surface area contributed by atoms with Crippen molar-refractivity contribution in [3.05, 3.63) is 40.1 Å². The molecule has 180 valence electrons. The molecule has 1 aliphatic rings. The number of sulfonamides is 1. The van der Waals surface area contributed by atoms with E-state index in [2.05, 4.69) is 15.1 Å². The summed E-state index contributed by atoms with van der Waals surface area (Å²) in [6, 6.07) is 4.26. The molecule has 33 heavy (non-hydrogen) atoms. The topological polar surface area (TPSA) is 155 Å². The Hall–Kier alpha value is -3.03. The number of carbonyl (C=O) groups is 1. The molecule has 1 aliphatic heterocycles. The summed E-state index contributed by atoms with van der Waals surface area (Å²) in [5, 5.41) is 18.1. The van der Waals surface area contributed by atoms with Crippen LogP contribution in [0.3, 0.4) is 0 Å². The summed E-state index contributed by atoms with van der Waals surface area (Å²) in [5.41, 5.74) is -0.319. The molecular formula is C20H27N5O7S. The molecule has 2 N–H and O–H groups in total. The van der Waals surface area contributed by atoms with E-state index in [0.717, 1.165) is 25.0 Å². The number of hydrogen-bond donors (Lipinski definition) is 2. The molecule has 2 atom stereocenters. The number of aryl methyl sites for hydroxylation is 1. The van der Waals surface area contributed by atoms with Crippen LogP contribution in [-0.2, 0) is 21.8 Å². The molecule has 2 aromatic rings. The highest BCUT2D eigenvalue weighted by molar-refractivity contribution is 7.89. The summed E-state index contributed by atoms with van der Waals surface area (Å²) in [7, 11) is -2.59. The lowest BCUT2D eigenvalue weighted by Crippen LogP contribution is -2.32. The van der Waals surface area contributed by atoms with Crippen LogP contribution >= 0.6 is 0 Å². The molecule has 1 saturated heterocycles. The third-order valence-corrected chi connectivity index (χ3v) is 6.81. The van der Waals surface area contributed by atoms with E-state index in [1.54, 1.807) is 13.8 Å². The normalized spacial score (nSPS) is 17.0. The number of aromatic nitrogens is 2. The van der Waals surface area contributed by atoms with Crippen molar-refractivity contribution in [1.29, 1.82) is 0 Å². The Bertz CT molecular complexity index is 1130. The average Bonchev–Trinajstić information content (AvgIpc) is 3.41. The van der Waals surface area contributed by atoms with E-state index in [1.807, 2.05) is 0 Å². The lowest BCUT2D eigenvalue weighted by molar-refractivity contribution is -0.385. The van der Waals surface area contributed by atoms with Crippen LogP contribution in [0.15, 0.2) is 29.2 Å². The first-order valence-electron chi connectivity index (χ1n) is 10.5. The second kappa shape index (κ2) is 10.3. The molecule has 0 spiro atoms. The van der Waals surface area contributed by atoms with Gasteiger partial charge in [-0.2, -0.15) is 5.10 Å². The maximum Gasteiger partial charge on any atom is 0.272 e. The van der Waals surface area contributed by atoms with Crippen molar-refractivity contribution >= 4 is 21.6 Å². The average molecular weight is 482 g/mol. The van der Waals surface area contributed by atoms with Gasteiger partial charge >= 0.3 is 0 Å². The molecule has 1 aromatic carbocycles. The monoisotopic (exact) mass is 481 g/mol. The van der Waals surface area contributed by atoms with Crippen LogP contribution in [0.25, 0.3) is 0 Å². The molecule has 0 saturated carbocycles. The maximum absolute atomic E-state index is 12.9. The molecule has 0 unspecified atom stereocenters. The van der Waals surface area contributed by atoms with Gasteiger partial charge in [0.1, 0.15) is 10.6 Å². The highest BCUT2D eigenvalue weighted by Gasteiger charge is 2.26. The van der Waals surface area contributed by atoms with E-state index in [4.69, 9.17) is 9.47 Å². The van der Waals surface area contributed by atoms with Crippen molar-refractivity contribution in [2.24, 2.45) is 7.05 Å². The van der Waals surface area contributed by atoms with Gasteiger partial charge in [0.25, 0.3) is 11.6 Å². The van der Waals surface area contributed by atoms with Crippen molar-refractivity contribution in [2.75, 3.05) is 13.2 Å². The number of rotatable bonds is 10. The maximum atomic E-state index is 12.9. The van der Waals surface area contributed by atoms with Crippen molar-refractivity contribution in [3.63, 3.8) is 0 Å². The van der Waals surface area contributed by atoms with Crippen LogP contribution in [-0.4, -0.2) is 54.3 Å². The predicted octanol–water partition coefficient (Wildman–Crippen LogP) is 2.11. The molecule has 0 radical (unpaired) electrons. The van der Waals surface area contributed by atoms with Gasteiger partial charge in [-0.1, -0.05) is 6.92 Å². The fraction of sp³-hybridized carbons (Fsp3) is 0.500. The van der Waals surface area contributed by atoms with Gasteiger partial charge in [-0.15, -0.1) is 0 Å². The van der Waals surface area contributed by atoms with Crippen molar-refractivity contribution in [3.8, 4) is 11.6 Å².